The SMILES string of the molecule is CC(C)CCN(C)C(=O)C(C)(Oc1ccc(P)cc1)C(C)C. The third-order valence-corrected chi connectivity index (χ3v) is 4.51. The molecule has 0 bridgehead atoms. The Morgan fingerprint density at radius 2 is 1.77 bits per heavy atom. The number of benzene rings is 1. The first kappa shape index (κ1) is 19.0. The molecule has 1 aromatic carbocycles. The van der Waals surface area contributed by atoms with Crippen LogP contribution in [0.4, 0.5) is 0 Å². The maximum atomic E-state index is 12.9. The van der Waals surface area contributed by atoms with Gasteiger partial charge in [0.1, 0.15) is 5.75 Å². The van der Waals surface area contributed by atoms with E-state index >= 15 is 0 Å². The first-order valence-corrected chi connectivity index (χ1v) is 8.54. The van der Waals surface area contributed by atoms with Crippen LogP contribution in [0, 0.1) is 11.8 Å². The quantitative estimate of drug-likeness (QED) is 0.719. The number of amides is 1. The molecule has 2 atom stereocenters. The second kappa shape index (κ2) is 7.97. The van der Waals surface area contributed by atoms with Crippen LogP contribution >= 0.6 is 9.24 Å². The van der Waals surface area contributed by atoms with E-state index in [1.54, 1.807) is 4.90 Å². The second-order valence-electron chi connectivity index (χ2n) is 6.84. The van der Waals surface area contributed by atoms with E-state index in [4.69, 9.17) is 4.74 Å². The summed E-state index contributed by atoms with van der Waals surface area (Å²) in [4.78, 5) is 14.7. The maximum absolute atomic E-state index is 12.9. The Hall–Kier alpha value is -1.08. The third kappa shape index (κ3) is 4.98. The molecule has 1 aromatic rings. The Balaban J connectivity index is 2.89. The van der Waals surface area contributed by atoms with Gasteiger partial charge in [0, 0.05) is 19.5 Å². The number of rotatable bonds is 7. The molecule has 1 amide bonds. The predicted molar refractivity (Wildman–Crippen MR) is 96.7 cm³/mol. The average Bonchev–Trinajstić information content (AvgIpc) is 2.46. The van der Waals surface area contributed by atoms with E-state index in [-0.39, 0.29) is 11.8 Å². The van der Waals surface area contributed by atoms with Crippen molar-refractivity contribution in [3.63, 3.8) is 0 Å². The molecule has 0 saturated heterocycles. The van der Waals surface area contributed by atoms with E-state index in [2.05, 4.69) is 23.1 Å². The standard InChI is InChI=1S/C18H30NO2P/c1-13(2)11-12-19(6)17(20)18(5,14(3)4)21-15-7-9-16(22)10-8-15/h7-10,13-14H,11-12,22H2,1-6H3. The lowest BCUT2D eigenvalue weighted by Crippen LogP contribution is -2.53. The van der Waals surface area contributed by atoms with E-state index < -0.39 is 5.60 Å². The summed E-state index contributed by atoms with van der Waals surface area (Å²) < 4.78 is 6.11. The molecule has 0 aromatic heterocycles. The Morgan fingerprint density at radius 1 is 1.23 bits per heavy atom. The molecular weight excluding hydrogens is 293 g/mol. The zero-order valence-electron chi connectivity index (χ0n) is 14.7. The summed E-state index contributed by atoms with van der Waals surface area (Å²) in [7, 11) is 4.51. The first-order valence-electron chi connectivity index (χ1n) is 7.97. The van der Waals surface area contributed by atoms with Crippen molar-refractivity contribution in [1.82, 2.24) is 4.90 Å². The molecule has 0 aliphatic heterocycles. The summed E-state index contributed by atoms with van der Waals surface area (Å²) in [5.41, 5.74) is -0.853. The minimum absolute atomic E-state index is 0.0399. The molecule has 22 heavy (non-hydrogen) atoms. The van der Waals surface area contributed by atoms with Crippen LogP contribution in [-0.2, 0) is 4.79 Å². The highest BCUT2D eigenvalue weighted by molar-refractivity contribution is 7.27. The van der Waals surface area contributed by atoms with E-state index in [0.717, 1.165) is 24.0 Å². The Labute approximate surface area is 137 Å². The topological polar surface area (TPSA) is 29.5 Å². The summed E-state index contributed by atoms with van der Waals surface area (Å²) in [5, 5.41) is 1.10. The maximum Gasteiger partial charge on any atom is 0.266 e. The number of hydrogen-bond donors (Lipinski definition) is 0. The molecule has 0 aliphatic carbocycles. The van der Waals surface area contributed by atoms with Gasteiger partial charge in [0.05, 0.1) is 0 Å². The van der Waals surface area contributed by atoms with Gasteiger partial charge in [-0.1, -0.05) is 39.8 Å². The molecule has 1 rings (SSSR count). The fraction of sp³-hybridized carbons (Fsp3) is 0.611. The fourth-order valence-corrected chi connectivity index (χ4v) is 2.31. The summed E-state index contributed by atoms with van der Waals surface area (Å²) in [6.07, 6.45) is 0.998. The van der Waals surface area contributed by atoms with Crippen molar-refractivity contribution in [3.05, 3.63) is 24.3 Å². The number of carbonyl (C=O) groups is 1. The van der Waals surface area contributed by atoms with Crippen LogP contribution in [0.25, 0.3) is 0 Å². The molecule has 3 nitrogen and oxygen atoms in total. The van der Waals surface area contributed by atoms with Crippen molar-refractivity contribution in [2.45, 2.75) is 46.6 Å². The largest absolute Gasteiger partial charge is 0.477 e. The third-order valence-electron chi connectivity index (χ3n) is 4.12. The van der Waals surface area contributed by atoms with Crippen molar-refractivity contribution < 1.29 is 9.53 Å². The lowest BCUT2D eigenvalue weighted by molar-refractivity contribution is -0.149. The van der Waals surface area contributed by atoms with Gasteiger partial charge in [-0.2, -0.15) is 0 Å². The molecule has 0 N–H and O–H groups in total. The van der Waals surface area contributed by atoms with Crippen LogP contribution in [0.1, 0.15) is 41.0 Å². The van der Waals surface area contributed by atoms with Gasteiger partial charge in [0.2, 0.25) is 0 Å². The van der Waals surface area contributed by atoms with Crippen molar-refractivity contribution in [2.24, 2.45) is 11.8 Å². The lowest BCUT2D eigenvalue weighted by atomic mass is 9.90. The highest BCUT2D eigenvalue weighted by Gasteiger charge is 2.41. The highest BCUT2D eigenvalue weighted by Crippen LogP contribution is 2.27. The minimum Gasteiger partial charge on any atom is -0.477 e. The van der Waals surface area contributed by atoms with Crippen LogP contribution in [0.2, 0.25) is 0 Å². The van der Waals surface area contributed by atoms with Gasteiger partial charge in [0.25, 0.3) is 5.91 Å². The van der Waals surface area contributed by atoms with Gasteiger partial charge < -0.3 is 9.64 Å². The van der Waals surface area contributed by atoms with Gasteiger partial charge in [-0.25, -0.2) is 0 Å². The van der Waals surface area contributed by atoms with Gasteiger partial charge in [-0.15, -0.1) is 9.24 Å². The van der Waals surface area contributed by atoms with Crippen LogP contribution in [0.3, 0.4) is 0 Å². The van der Waals surface area contributed by atoms with Gasteiger partial charge >= 0.3 is 0 Å². The van der Waals surface area contributed by atoms with E-state index in [0.29, 0.717) is 5.92 Å². The zero-order chi connectivity index (χ0) is 16.9. The van der Waals surface area contributed by atoms with Crippen LogP contribution < -0.4 is 10.0 Å². The van der Waals surface area contributed by atoms with Crippen molar-refractivity contribution in [1.29, 1.82) is 0 Å². The molecule has 0 spiro atoms. The van der Waals surface area contributed by atoms with Crippen molar-refractivity contribution in [3.8, 4) is 5.75 Å². The molecule has 0 fully saturated rings. The molecule has 4 heteroatoms. The molecule has 0 aliphatic rings. The normalized spacial score (nSPS) is 14.0. The highest BCUT2D eigenvalue weighted by atomic mass is 31.0. The number of carbonyl (C=O) groups excluding carboxylic acids is 1. The summed E-state index contributed by atoms with van der Waals surface area (Å²) >= 11 is 0. The Kier molecular flexibility index (Phi) is 6.87. The summed E-state index contributed by atoms with van der Waals surface area (Å²) in [5.74, 6) is 1.43. The van der Waals surface area contributed by atoms with Gasteiger partial charge in [-0.3, -0.25) is 4.79 Å². The smallest absolute Gasteiger partial charge is 0.266 e. The van der Waals surface area contributed by atoms with E-state index in [1.807, 2.05) is 52.1 Å². The summed E-state index contributed by atoms with van der Waals surface area (Å²) in [6.45, 7) is 11.0. The Morgan fingerprint density at radius 3 is 2.23 bits per heavy atom. The molecular formula is C18H30NO2P. The van der Waals surface area contributed by atoms with Gasteiger partial charge in [0.15, 0.2) is 5.60 Å². The van der Waals surface area contributed by atoms with Gasteiger partial charge in [-0.05, 0) is 36.7 Å². The van der Waals surface area contributed by atoms with E-state index in [9.17, 15) is 4.79 Å². The van der Waals surface area contributed by atoms with Crippen LogP contribution in [-0.4, -0.2) is 30.0 Å². The number of nitrogens with zero attached hydrogens (tertiary/aromatic N) is 1. The molecule has 0 heterocycles. The molecule has 2 unspecified atom stereocenters. The van der Waals surface area contributed by atoms with E-state index in [1.165, 1.54) is 0 Å². The molecule has 0 saturated carbocycles. The Bertz CT molecular complexity index is 484. The van der Waals surface area contributed by atoms with Crippen LogP contribution in [0.15, 0.2) is 24.3 Å². The minimum atomic E-state index is -0.853. The number of hydrogen-bond acceptors (Lipinski definition) is 2. The molecule has 124 valence electrons. The zero-order valence-corrected chi connectivity index (χ0v) is 15.9. The average molecular weight is 323 g/mol. The fourth-order valence-electron chi connectivity index (χ4n) is 2.12. The second-order valence-corrected chi connectivity index (χ2v) is 7.51. The number of ether oxygens (including phenoxy) is 1. The van der Waals surface area contributed by atoms with Crippen molar-refractivity contribution >= 4 is 20.5 Å². The predicted octanol–water partition coefficient (Wildman–Crippen LogP) is 3.49. The van der Waals surface area contributed by atoms with Crippen LogP contribution in [0.5, 0.6) is 5.75 Å². The number of likely N-dealkylation sites (N-methyl/N-ethyl adjacent to an activating group) is 1. The monoisotopic (exact) mass is 323 g/mol. The molecule has 0 radical (unpaired) electrons. The summed E-state index contributed by atoms with van der Waals surface area (Å²) in [6, 6.07) is 7.75. The first-order chi connectivity index (χ1) is 10.2. The van der Waals surface area contributed by atoms with Crippen molar-refractivity contribution in [2.75, 3.05) is 13.6 Å². The lowest BCUT2D eigenvalue weighted by Gasteiger charge is -2.36.